The van der Waals surface area contributed by atoms with Crippen LogP contribution in [-0.2, 0) is 16.5 Å². The molecule has 1 atom stereocenters. The quantitative estimate of drug-likeness (QED) is 0.756. The maximum Gasteiger partial charge on any atom is 0.282 e. The predicted molar refractivity (Wildman–Crippen MR) is 80.0 cm³/mol. The average Bonchev–Trinajstić information content (AvgIpc) is 2.95. The average molecular weight is 346 g/mol. The number of aryl methyl sites for hydroxylation is 1. The molecule has 1 aromatic heterocycles. The van der Waals surface area contributed by atoms with Crippen LogP contribution < -0.4 is 10.9 Å². The maximum absolute atomic E-state index is 11.6. The summed E-state index contributed by atoms with van der Waals surface area (Å²) in [4.78, 5) is 11.6. The number of ether oxygens (including phenoxy) is 2. The first-order valence-corrected chi connectivity index (χ1v) is 7.59. The lowest BCUT2D eigenvalue weighted by Crippen LogP contribution is -2.21. The summed E-state index contributed by atoms with van der Waals surface area (Å²) in [5.74, 6) is 0.554. The van der Waals surface area contributed by atoms with Crippen LogP contribution in [0.4, 0.5) is 5.69 Å². The minimum absolute atomic E-state index is 0.146. The van der Waals surface area contributed by atoms with Gasteiger partial charge in [0.25, 0.3) is 5.56 Å². The molecule has 0 aliphatic carbocycles. The molecular formula is C13H20BrN3O3. The molecule has 1 fully saturated rings. The van der Waals surface area contributed by atoms with Gasteiger partial charge in [-0.15, -0.1) is 0 Å². The van der Waals surface area contributed by atoms with E-state index < -0.39 is 0 Å². The molecule has 2 heterocycles. The second-order valence-corrected chi connectivity index (χ2v) is 5.68. The van der Waals surface area contributed by atoms with Gasteiger partial charge in [-0.25, -0.2) is 4.68 Å². The summed E-state index contributed by atoms with van der Waals surface area (Å²) in [5.41, 5.74) is 0.574. The van der Waals surface area contributed by atoms with E-state index in [4.69, 9.17) is 9.47 Å². The van der Waals surface area contributed by atoms with Crippen molar-refractivity contribution in [2.45, 2.75) is 12.8 Å². The molecule has 0 spiro atoms. The van der Waals surface area contributed by atoms with E-state index in [9.17, 15) is 4.79 Å². The summed E-state index contributed by atoms with van der Waals surface area (Å²) in [6.07, 6.45) is 3.63. The molecule has 1 aliphatic rings. The summed E-state index contributed by atoms with van der Waals surface area (Å²) in [6, 6.07) is 0. The van der Waals surface area contributed by atoms with E-state index in [1.165, 1.54) is 4.68 Å². The van der Waals surface area contributed by atoms with Crippen LogP contribution in [0.3, 0.4) is 0 Å². The van der Waals surface area contributed by atoms with Crippen molar-refractivity contribution in [2.75, 3.05) is 38.3 Å². The molecule has 112 valence electrons. The van der Waals surface area contributed by atoms with Crippen molar-refractivity contribution in [3.8, 4) is 0 Å². The lowest BCUT2D eigenvalue weighted by molar-refractivity contribution is 0.0897. The van der Waals surface area contributed by atoms with E-state index in [0.29, 0.717) is 17.0 Å². The van der Waals surface area contributed by atoms with Crippen LogP contribution >= 0.6 is 15.9 Å². The first kappa shape index (κ1) is 15.5. The Morgan fingerprint density at radius 3 is 3.25 bits per heavy atom. The van der Waals surface area contributed by atoms with E-state index in [0.717, 1.165) is 44.9 Å². The number of nitrogens with one attached hydrogen (secondary N) is 1. The number of rotatable bonds is 7. The van der Waals surface area contributed by atoms with Crippen LogP contribution in [0.25, 0.3) is 0 Å². The van der Waals surface area contributed by atoms with Crippen molar-refractivity contribution in [3.63, 3.8) is 0 Å². The van der Waals surface area contributed by atoms with Crippen LogP contribution in [0.2, 0.25) is 0 Å². The highest BCUT2D eigenvalue weighted by Gasteiger charge is 2.15. The van der Waals surface area contributed by atoms with Gasteiger partial charge in [0, 0.05) is 32.7 Å². The Bertz CT molecular complexity index is 486. The smallest absolute Gasteiger partial charge is 0.282 e. The summed E-state index contributed by atoms with van der Waals surface area (Å²) >= 11 is 3.28. The van der Waals surface area contributed by atoms with Crippen molar-refractivity contribution in [3.05, 3.63) is 21.0 Å². The summed E-state index contributed by atoms with van der Waals surface area (Å²) < 4.78 is 12.7. The molecule has 1 N–H and O–H groups in total. The maximum atomic E-state index is 11.6. The minimum Gasteiger partial charge on any atom is -0.383 e. The minimum atomic E-state index is -0.146. The molecule has 1 aromatic rings. The largest absolute Gasteiger partial charge is 0.383 e. The first-order valence-electron chi connectivity index (χ1n) is 6.79. The standard InChI is InChI=1S/C13H20BrN3O3/c1-17-13(18)12(14)11(7-16-17)15-4-2-5-19-8-10-3-6-20-9-10/h7,10,15H,2-6,8-9H2,1H3. The van der Waals surface area contributed by atoms with Gasteiger partial charge in [-0.2, -0.15) is 5.10 Å². The Labute approximate surface area is 126 Å². The Morgan fingerprint density at radius 1 is 1.65 bits per heavy atom. The molecule has 6 nitrogen and oxygen atoms in total. The fourth-order valence-corrected chi connectivity index (χ4v) is 2.50. The highest BCUT2D eigenvalue weighted by Crippen LogP contribution is 2.15. The molecule has 0 aromatic carbocycles. The van der Waals surface area contributed by atoms with E-state index in [1.807, 2.05) is 0 Å². The van der Waals surface area contributed by atoms with Gasteiger partial charge in [-0.05, 0) is 28.8 Å². The summed E-state index contributed by atoms with van der Waals surface area (Å²) in [5, 5.41) is 7.16. The lowest BCUT2D eigenvalue weighted by atomic mass is 10.1. The molecule has 0 saturated carbocycles. The topological polar surface area (TPSA) is 65.4 Å². The van der Waals surface area contributed by atoms with Gasteiger partial charge < -0.3 is 14.8 Å². The Balaban J connectivity index is 1.63. The van der Waals surface area contributed by atoms with E-state index in [-0.39, 0.29) is 5.56 Å². The van der Waals surface area contributed by atoms with Crippen LogP contribution in [0.1, 0.15) is 12.8 Å². The number of halogens is 1. The summed E-state index contributed by atoms with van der Waals surface area (Å²) in [6.45, 7) is 3.91. The molecule has 1 aliphatic heterocycles. The fraction of sp³-hybridized carbons (Fsp3) is 0.692. The number of hydrogen-bond acceptors (Lipinski definition) is 5. The third kappa shape index (κ3) is 4.29. The van der Waals surface area contributed by atoms with E-state index in [2.05, 4.69) is 26.3 Å². The number of anilines is 1. The van der Waals surface area contributed by atoms with Crippen LogP contribution in [0.15, 0.2) is 15.5 Å². The Hall–Kier alpha value is -0.920. The zero-order valence-electron chi connectivity index (χ0n) is 11.6. The molecule has 7 heteroatoms. The predicted octanol–water partition coefficient (Wildman–Crippen LogP) is 1.40. The molecule has 2 rings (SSSR count). The van der Waals surface area contributed by atoms with Crippen molar-refractivity contribution in [1.82, 2.24) is 9.78 Å². The number of aromatic nitrogens is 2. The van der Waals surface area contributed by atoms with Crippen LogP contribution in [-0.4, -0.2) is 42.8 Å². The number of nitrogens with zero attached hydrogens (tertiary/aromatic N) is 2. The van der Waals surface area contributed by atoms with Gasteiger partial charge in [0.05, 0.1) is 25.1 Å². The fourth-order valence-electron chi connectivity index (χ4n) is 2.00. The second-order valence-electron chi connectivity index (χ2n) is 4.89. The molecule has 1 saturated heterocycles. The van der Waals surface area contributed by atoms with Gasteiger partial charge in [-0.1, -0.05) is 0 Å². The second kappa shape index (κ2) is 7.75. The van der Waals surface area contributed by atoms with Crippen LogP contribution in [0, 0.1) is 5.92 Å². The van der Waals surface area contributed by atoms with Crippen molar-refractivity contribution in [1.29, 1.82) is 0 Å². The van der Waals surface area contributed by atoms with Gasteiger partial charge in [-0.3, -0.25) is 4.79 Å². The molecule has 20 heavy (non-hydrogen) atoms. The molecule has 0 bridgehead atoms. The lowest BCUT2D eigenvalue weighted by Gasteiger charge is -2.10. The van der Waals surface area contributed by atoms with Crippen LogP contribution in [0.5, 0.6) is 0 Å². The highest BCUT2D eigenvalue weighted by atomic mass is 79.9. The van der Waals surface area contributed by atoms with E-state index in [1.54, 1.807) is 13.2 Å². The molecular weight excluding hydrogens is 326 g/mol. The van der Waals surface area contributed by atoms with Gasteiger partial charge in [0.2, 0.25) is 0 Å². The Kier molecular flexibility index (Phi) is 6.00. The highest BCUT2D eigenvalue weighted by molar-refractivity contribution is 9.10. The zero-order chi connectivity index (χ0) is 14.4. The number of hydrogen-bond donors (Lipinski definition) is 1. The summed E-state index contributed by atoms with van der Waals surface area (Å²) in [7, 11) is 1.62. The molecule has 0 amide bonds. The molecule has 1 unspecified atom stereocenters. The van der Waals surface area contributed by atoms with Gasteiger partial charge in [0.1, 0.15) is 4.47 Å². The van der Waals surface area contributed by atoms with Crippen molar-refractivity contribution >= 4 is 21.6 Å². The molecule has 0 radical (unpaired) electrons. The third-order valence-corrected chi connectivity index (χ3v) is 4.00. The van der Waals surface area contributed by atoms with Crippen molar-refractivity contribution in [2.24, 2.45) is 13.0 Å². The SMILES string of the molecule is Cn1ncc(NCCCOCC2CCOC2)c(Br)c1=O. The van der Waals surface area contributed by atoms with Gasteiger partial charge in [0.15, 0.2) is 0 Å². The van der Waals surface area contributed by atoms with Gasteiger partial charge >= 0.3 is 0 Å². The normalized spacial score (nSPS) is 18.4. The van der Waals surface area contributed by atoms with E-state index >= 15 is 0 Å². The Morgan fingerprint density at radius 2 is 2.50 bits per heavy atom. The first-order chi connectivity index (χ1) is 9.68. The van der Waals surface area contributed by atoms with Crippen molar-refractivity contribution < 1.29 is 9.47 Å². The zero-order valence-corrected chi connectivity index (χ0v) is 13.2. The third-order valence-electron chi connectivity index (χ3n) is 3.24. The monoisotopic (exact) mass is 345 g/mol.